The number of hydrogen-bond donors (Lipinski definition) is 1. The number of rotatable bonds is 3. The Morgan fingerprint density at radius 3 is 2.63 bits per heavy atom. The third-order valence-electron chi connectivity index (χ3n) is 3.70. The van der Waals surface area contributed by atoms with Crippen LogP contribution in [0.4, 0.5) is 11.4 Å². The van der Waals surface area contributed by atoms with Crippen LogP contribution in [-0.4, -0.2) is 11.0 Å². The summed E-state index contributed by atoms with van der Waals surface area (Å²) in [7, 11) is 0. The zero-order valence-electron chi connectivity index (χ0n) is 10.9. The summed E-state index contributed by atoms with van der Waals surface area (Å²) in [6.45, 7) is 2.25. The summed E-state index contributed by atoms with van der Waals surface area (Å²) < 4.78 is 0. The second-order valence-corrected chi connectivity index (χ2v) is 5.20. The molecule has 0 spiro atoms. The highest BCUT2D eigenvalue weighted by atomic mass is 16.6. The molecule has 5 heteroatoms. The minimum atomic E-state index is -0.507. The van der Waals surface area contributed by atoms with Crippen LogP contribution in [0.5, 0.6) is 0 Å². The van der Waals surface area contributed by atoms with Crippen molar-refractivity contribution in [2.45, 2.75) is 38.6 Å². The molecule has 5 nitrogen and oxygen atoms in total. The molecular formula is C14H17N3O2. The molecular weight excluding hydrogens is 242 g/mol. The van der Waals surface area contributed by atoms with Crippen LogP contribution in [0.15, 0.2) is 18.2 Å². The minimum absolute atomic E-state index is 0.104. The maximum atomic E-state index is 10.9. The van der Waals surface area contributed by atoms with Gasteiger partial charge in [0.2, 0.25) is 0 Å². The molecule has 0 unspecified atom stereocenters. The van der Waals surface area contributed by atoms with Crippen molar-refractivity contribution in [3.63, 3.8) is 0 Å². The van der Waals surface area contributed by atoms with Crippen LogP contribution in [0.2, 0.25) is 0 Å². The Morgan fingerprint density at radius 1 is 1.37 bits per heavy atom. The van der Waals surface area contributed by atoms with Crippen molar-refractivity contribution < 1.29 is 4.92 Å². The third kappa shape index (κ3) is 3.22. The van der Waals surface area contributed by atoms with Crippen LogP contribution in [0.1, 0.15) is 38.2 Å². The van der Waals surface area contributed by atoms with Crippen molar-refractivity contribution in [1.29, 1.82) is 5.26 Å². The quantitative estimate of drug-likeness (QED) is 0.666. The van der Waals surface area contributed by atoms with Gasteiger partial charge in [0.25, 0.3) is 5.69 Å². The van der Waals surface area contributed by atoms with E-state index < -0.39 is 4.92 Å². The molecule has 0 atom stereocenters. The zero-order valence-corrected chi connectivity index (χ0v) is 10.9. The summed E-state index contributed by atoms with van der Waals surface area (Å²) in [6, 6.07) is 6.92. The van der Waals surface area contributed by atoms with Gasteiger partial charge in [0.15, 0.2) is 0 Å². The van der Waals surface area contributed by atoms with Gasteiger partial charge in [-0.3, -0.25) is 10.1 Å². The average molecular weight is 259 g/mol. The van der Waals surface area contributed by atoms with Crippen molar-refractivity contribution in [1.82, 2.24) is 0 Å². The van der Waals surface area contributed by atoms with E-state index in [4.69, 9.17) is 5.26 Å². The summed E-state index contributed by atoms with van der Waals surface area (Å²) in [5, 5.41) is 23.1. The maximum Gasteiger partial charge on any atom is 0.289 e. The first-order valence-corrected chi connectivity index (χ1v) is 6.55. The average Bonchev–Trinajstić information content (AvgIpc) is 2.41. The van der Waals surface area contributed by atoms with Gasteiger partial charge in [-0.1, -0.05) is 6.92 Å². The second kappa shape index (κ2) is 5.70. The Hall–Kier alpha value is -2.09. The second-order valence-electron chi connectivity index (χ2n) is 5.20. The van der Waals surface area contributed by atoms with E-state index in [1.54, 1.807) is 6.07 Å². The van der Waals surface area contributed by atoms with Crippen molar-refractivity contribution in [3.8, 4) is 6.07 Å². The van der Waals surface area contributed by atoms with Crippen LogP contribution < -0.4 is 5.32 Å². The standard InChI is InChI=1S/C14H17N3O2/c1-10-2-5-12(6-3-10)16-13-7-4-11(9-15)14(8-13)17(18)19/h4,7-8,10,12,16H,2-3,5-6H2,1H3. The van der Waals surface area contributed by atoms with Gasteiger partial charge >= 0.3 is 0 Å². The number of nitro groups is 1. The third-order valence-corrected chi connectivity index (χ3v) is 3.70. The van der Waals surface area contributed by atoms with Crippen LogP contribution >= 0.6 is 0 Å². The lowest BCUT2D eigenvalue weighted by molar-refractivity contribution is -0.385. The zero-order chi connectivity index (χ0) is 13.8. The molecule has 1 aromatic carbocycles. The Bertz CT molecular complexity index is 514. The molecule has 0 saturated heterocycles. The first kappa shape index (κ1) is 13.3. The molecule has 0 radical (unpaired) electrons. The molecule has 1 aliphatic carbocycles. The van der Waals surface area contributed by atoms with E-state index in [0.717, 1.165) is 24.4 Å². The SMILES string of the molecule is CC1CCC(Nc2ccc(C#N)c([N+](=O)[O-])c2)CC1. The lowest BCUT2D eigenvalue weighted by atomic mass is 9.87. The Kier molecular flexibility index (Phi) is 4.00. The number of benzene rings is 1. The molecule has 1 saturated carbocycles. The maximum absolute atomic E-state index is 10.9. The number of anilines is 1. The number of nitro benzene ring substituents is 1. The predicted octanol–water partition coefficient (Wildman–Crippen LogP) is 3.46. The highest BCUT2D eigenvalue weighted by molar-refractivity contribution is 5.59. The molecule has 0 aromatic heterocycles. The number of nitriles is 1. The topological polar surface area (TPSA) is 79.0 Å². The van der Waals surface area contributed by atoms with Crippen molar-refractivity contribution >= 4 is 11.4 Å². The molecule has 19 heavy (non-hydrogen) atoms. The first-order valence-electron chi connectivity index (χ1n) is 6.55. The van der Waals surface area contributed by atoms with Gasteiger partial charge in [0, 0.05) is 17.8 Å². The normalized spacial score (nSPS) is 22.5. The number of nitrogens with zero attached hydrogens (tertiary/aromatic N) is 2. The summed E-state index contributed by atoms with van der Waals surface area (Å²) in [5.74, 6) is 0.772. The van der Waals surface area contributed by atoms with E-state index in [1.165, 1.54) is 25.0 Å². The van der Waals surface area contributed by atoms with Gasteiger partial charge in [0.1, 0.15) is 11.6 Å². The Balaban J connectivity index is 2.11. The summed E-state index contributed by atoms with van der Waals surface area (Å²) >= 11 is 0. The van der Waals surface area contributed by atoms with Crippen molar-refractivity contribution in [2.75, 3.05) is 5.32 Å². The van der Waals surface area contributed by atoms with E-state index in [0.29, 0.717) is 6.04 Å². The molecule has 1 aromatic rings. The fourth-order valence-corrected chi connectivity index (χ4v) is 2.51. The Labute approximate surface area is 112 Å². The summed E-state index contributed by atoms with van der Waals surface area (Å²) in [5.41, 5.74) is 0.703. The van der Waals surface area contributed by atoms with E-state index in [1.807, 2.05) is 6.07 Å². The van der Waals surface area contributed by atoms with Crippen molar-refractivity contribution in [3.05, 3.63) is 33.9 Å². The van der Waals surface area contributed by atoms with Crippen LogP contribution in [0.25, 0.3) is 0 Å². The van der Waals surface area contributed by atoms with Gasteiger partial charge in [-0.05, 0) is 43.7 Å². The van der Waals surface area contributed by atoms with E-state index in [2.05, 4.69) is 12.2 Å². The molecule has 2 rings (SSSR count). The highest BCUT2D eigenvalue weighted by Gasteiger charge is 2.19. The fraction of sp³-hybridized carbons (Fsp3) is 0.500. The molecule has 0 heterocycles. The smallest absolute Gasteiger partial charge is 0.289 e. The monoisotopic (exact) mass is 259 g/mol. The van der Waals surface area contributed by atoms with Gasteiger partial charge in [-0.2, -0.15) is 5.26 Å². The Morgan fingerprint density at radius 2 is 2.05 bits per heavy atom. The van der Waals surface area contributed by atoms with Gasteiger partial charge in [-0.25, -0.2) is 0 Å². The van der Waals surface area contributed by atoms with E-state index in [9.17, 15) is 10.1 Å². The molecule has 1 fully saturated rings. The highest BCUT2D eigenvalue weighted by Crippen LogP contribution is 2.28. The lowest BCUT2D eigenvalue weighted by Crippen LogP contribution is -2.25. The predicted molar refractivity (Wildman–Crippen MR) is 72.9 cm³/mol. The molecule has 0 amide bonds. The first-order chi connectivity index (χ1) is 9.10. The lowest BCUT2D eigenvalue weighted by Gasteiger charge is -2.27. The van der Waals surface area contributed by atoms with Crippen LogP contribution in [0.3, 0.4) is 0 Å². The molecule has 100 valence electrons. The number of nitrogens with one attached hydrogen (secondary N) is 1. The van der Waals surface area contributed by atoms with Crippen LogP contribution in [-0.2, 0) is 0 Å². The summed E-state index contributed by atoms with van der Waals surface area (Å²) in [4.78, 5) is 10.4. The van der Waals surface area contributed by atoms with Gasteiger partial charge < -0.3 is 5.32 Å². The molecule has 0 aliphatic heterocycles. The van der Waals surface area contributed by atoms with E-state index >= 15 is 0 Å². The minimum Gasteiger partial charge on any atom is -0.382 e. The number of hydrogen-bond acceptors (Lipinski definition) is 4. The van der Waals surface area contributed by atoms with Crippen LogP contribution in [0, 0.1) is 27.4 Å². The summed E-state index contributed by atoms with van der Waals surface area (Å²) in [6.07, 6.45) is 4.57. The van der Waals surface area contributed by atoms with Gasteiger partial charge in [-0.15, -0.1) is 0 Å². The van der Waals surface area contributed by atoms with Gasteiger partial charge in [0.05, 0.1) is 4.92 Å². The fourth-order valence-electron chi connectivity index (χ4n) is 2.51. The van der Waals surface area contributed by atoms with Crippen molar-refractivity contribution in [2.24, 2.45) is 5.92 Å². The molecule has 0 bridgehead atoms. The molecule has 1 aliphatic rings. The molecule has 1 N–H and O–H groups in total. The largest absolute Gasteiger partial charge is 0.382 e. The van der Waals surface area contributed by atoms with E-state index in [-0.39, 0.29) is 11.3 Å².